The number of nitrogens with zero attached hydrogens (tertiary/aromatic N) is 6. The smallest absolute Gasteiger partial charge is 0.234 e. The summed E-state index contributed by atoms with van der Waals surface area (Å²) >= 11 is 0. The molecular formula is C41H60N8O3S2Si. The maximum atomic E-state index is 12.8. The lowest BCUT2D eigenvalue weighted by atomic mass is 10.1. The van der Waals surface area contributed by atoms with Crippen LogP contribution in [0.15, 0.2) is 85.2 Å². The number of aliphatic hydroxyl groups excluding tert-OH is 1. The van der Waals surface area contributed by atoms with E-state index in [1.165, 1.54) is 5.56 Å². The summed E-state index contributed by atoms with van der Waals surface area (Å²) in [7, 11) is -1.86. The molecule has 0 saturated carbocycles. The fourth-order valence-electron chi connectivity index (χ4n) is 6.67. The number of hydrogen-bond donors (Lipinski definition) is 3. The van der Waals surface area contributed by atoms with Crippen LogP contribution in [0.3, 0.4) is 0 Å². The molecule has 6 rings (SSSR count). The minimum absolute atomic E-state index is 0. The Bertz CT molecular complexity index is 1790. The molecule has 3 N–H and O–H groups in total. The zero-order valence-electron chi connectivity index (χ0n) is 33.0. The van der Waals surface area contributed by atoms with Gasteiger partial charge in [0.05, 0.1) is 24.9 Å². The number of aliphatic hydroxyl groups is 1. The molecule has 2 atom stereocenters. The highest BCUT2D eigenvalue weighted by Gasteiger charge is 2.37. The summed E-state index contributed by atoms with van der Waals surface area (Å²) in [5, 5.41) is 17.2. The van der Waals surface area contributed by atoms with Gasteiger partial charge in [-0.1, -0.05) is 63.2 Å². The van der Waals surface area contributed by atoms with Crippen molar-refractivity contribution in [1.82, 2.24) is 30.1 Å². The number of benzene rings is 2. The van der Waals surface area contributed by atoms with Crippen molar-refractivity contribution in [2.45, 2.75) is 77.0 Å². The number of aromatic nitrogens is 3. The third-order valence-electron chi connectivity index (χ3n) is 10.9. The SMILES string of the molecule is CC(C)(C)[Si](C)(C)OCc1cccc(Nc2nccc(-c3ccc(N4CC(O)CC4CCNC(=O)CN4CCN(Cc5ccccc5)CC4)nc3)n2)c1.S.S. The van der Waals surface area contributed by atoms with E-state index in [4.69, 9.17) is 14.4 Å². The van der Waals surface area contributed by atoms with Crippen LogP contribution in [0.5, 0.6) is 0 Å². The van der Waals surface area contributed by atoms with Crippen LogP contribution in [0.4, 0.5) is 17.5 Å². The number of pyridine rings is 1. The standard InChI is InChI=1S/C41H56N8O3Si.2H2S/c1-41(2,3)53(4,5)52-30-32-12-9-13-34(24-32)45-40-43-19-17-37(46-40)33-14-15-38(44-26-33)49-28-36(50)25-35(49)16-18-42-39(51)29-48-22-20-47(21-23-48)27-31-10-7-6-8-11-31;;/h6-15,17,19,24,26,35-36,50H,16,18,20-23,25,27-30H2,1-5H3,(H,42,51)(H,43,45,46);2*1H2. The molecule has 2 aromatic carbocycles. The van der Waals surface area contributed by atoms with Gasteiger partial charge in [0.2, 0.25) is 11.9 Å². The lowest BCUT2D eigenvalue weighted by molar-refractivity contribution is -0.122. The normalized spacial score (nSPS) is 18.0. The summed E-state index contributed by atoms with van der Waals surface area (Å²) in [6, 6.07) is 24.7. The van der Waals surface area contributed by atoms with Gasteiger partial charge < -0.3 is 25.1 Å². The van der Waals surface area contributed by atoms with Gasteiger partial charge in [-0.3, -0.25) is 14.6 Å². The molecule has 2 aromatic heterocycles. The summed E-state index contributed by atoms with van der Waals surface area (Å²) in [6.07, 6.45) is 4.52. The van der Waals surface area contributed by atoms with E-state index in [0.29, 0.717) is 38.6 Å². The highest BCUT2D eigenvalue weighted by Crippen LogP contribution is 2.37. The molecule has 0 bridgehead atoms. The van der Waals surface area contributed by atoms with Crippen LogP contribution in [-0.2, 0) is 22.4 Å². The van der Waals surface area contributed by atoms with Crippen LogP contribution in [-0.4, -0.2) is 102 Å². The van der Waals surface area contributed by atoms with E-state index in [9.17, 15) is 9.90 Å². The largest absolute Gasteiger partial charge is 0.413 e. The summed E-state index contributed by atoms with van der Waals surface area (Å²) < 4.78 is 6.43. The van der Waals surface area contributed by atoms with Crippen molar-refractivity contribution in [3.8, 4) is 11.3 Å². The summed E-state index contributed by atoms with van der Waals surface area (Å²) in [4.78, 5) is 33.7. The topological polar surface area (TPSA) is 119 Å². The van der Waals surface area contributed by atoms with Gasteiger partial charge in [-0.2, -0.15) is 27.0 Å². The lowest BCUT2D eigenvalue weighted by Gasteiger charge is -2.36. The molecule has 14 heteroatoms. The predicted molar refractivity (Wildman–Crippen MR) is 235 cm³/mol. The summed E-state index contributed by atoms with van der Waals surface area (Å²) in [5.41, 5.74) is 4.97. The number of nitrogens with one attached hydrogen (secondary N) is 2. The van der Waals surface area contributed by atoms with Crippen LogP contribution in [0.1, 0.15) is 44.7 Å². The molecule has 0 radical (unpaired) electrons. The van der Waals surface area contributed by atoms with Crippen LogP contribution >= 0.6 is 27.0 Å². The molecule has 2 saturated heterocycles. The highest BCUT2D eigenvalue weighted by atomic mass is 32.1. The van der Waals surface area contributed by atoms with Crippen molar-refractivity contribution < 1.29 is 14.3 Å². The maximum Gasteiger partial charge on any atom is 0.234 e. The van der Waals surface area contributed by atoms with E-state index >= 15 is 0 Å². The minimum atomic E-state index is -1.86. The molecule has 4 heterocycles. The number of β-amino-alcohol motifs (C(OH)–C–C–N with tert-alkyl or cyclic N) is 1. The second-order valence-electron chi connectivity index (χ2n) is 15.9. The molecule has 11 nitrogen and oxygen atoms in total. The molecule has 4 aromatic rings. The Morgan fingerprint density at radius 1 is 0.927 bits per heavy atom. The van der Waals surface area contributed by atoms with Crippen molar-refractivity contribution in [2.75, 3.05) is 56.0 Å². The number of carbonyl (C=O) groups is 1. The Balaban J connectivity index is 0.00000336. The van der Waals surface area contributed by atoms with E-state index in [-0.39, 0.29) is 44.0 Å². The third kappa shape index (κ3) is 12.5. The number of hydrogen-bond acceptors (Lipinski definition) is 10. The zero-order valence-corrected chi connectivity index (χ0v) is 36.0. The first-order chi connectivity index (χ1) is 25.4. The third-order valence-corrected chi connectivity index (χ3v) is 15.3. The van der Waals surface area contributed by atoms with Crippen LogP contribution in [0, 0.1) is 0 Å². The van der Waals surface area contributed by atoms with Crippen molar-refractivity contribution >= 4 is 58.7 Å². The van der Waals surface area contributed by atoms with Gasteiger partial charge >= 0.3 is 0 Å². The molecule has 298 valence electrons. The van der Waals surface area contributed by atoms with E-state index < -0.39 is 14.4 Å². The molecule has 0 spiro atoms. The second kappa shape index (κ2) is 20.1. The quantitative estimate of drug-likeness (QED) is 0.126. The Morgan fingerprint density at radius 3 is 2.36 bits per heavy atom. The van der Waals surface area contributed by atoms with Gasteiger partial charge in [-0.05, 0) is 72.4 Å². The van der Waals surface area contributed by atoms with Crippen LogP contribution in [0.25, 0.3) is 11.3 Å². The Morgan fingerprint density at radius 2 is 1.65 bits per heavy atom. The number of anilines is 3. The number of piperazine rings is 1. The Hall–Kier alpha value is -3.50. The monoisotopic (exact) mass is 804 g/mol. The van der Waals surface area contributed by atoms with Gasteiger partial charge in [0.25, 0.3) is 0 Å². The first-order valence-corrected chi connectivity index (χ1v) is 21.8. The molecule has 1 amide bonds. The van der Waals surface area contributed by atoms with Crippen molar-refractivity contribution in [1.29, 1.82) is 0 Å². The predicted octanol–water partition coefficient (Wildman–Crippen LogP) is 6.29. The number of amides is 1. The first kappa shape index (κ1) is 44.2. The lowest BCUT2D eigenvalue weighted by Crippen LogP contribution is -2.49. The Labute approximate surface area is 342 Å². The Kier molecular flexibility index (Phi) is 16.1. The van der Waals surface area contributed by atoms with Crippen LogP contribution < -0.4 is 15.5 Å². The zero-order chi connectivity index (χ0) is 37.4. The van der Waals surface area contributed by atoms with Gasteiger partial charge in [-0.15, -0.1) is 0 Å². The van der Waals surface area contributed by atoms with Crippen molar-refractivity contribution in [3.63, 3.8) is 0 Å². The van der Waals surface area contributed by atoms with Gasteiger partial charge in [0.1, 0.15) is 5.82 Å². The number of rotatable bonds is 14. The van der Waals surface area contributed by atoms with Crippen molar-refractivity contribution in [3.05, 3.63) is 96.3 Å². The average Bonchev–Trinajstić information content (AvgIpc) is 3.52. The van der Waals surface area contributed by atoms with E-state index in [2.05, 4.69) is 101 Å². The molecule has 2 fully saturated rings. The van der Waals surface area contributed by atoms with Gasteiger partial charge in [0, 0.05) is 75.5 Å². The molecule has 0 aliphatic carbocycles. The summed E-state index contributed by atoms with van der Waals surface area (Å²) in [6.45, 7) is 18.0. The number of carbonyl (C=O) groups excluding carboxylic acids is 1. The molecule has 55 heavy (non-hydrogen) atoms. The summed E-state index contributed by atoms with van der Waals surface area (Å²) in [5.74, 6) is 1.36. The van der Waals surface area contributed by atoms with Crippen molar-refractivity contribution in [2.24, 2.45) is 0 Å². The maximum absolute atomic E-state index is 12.8. The van der Waals surface area contributed by atoms with Gasteiger partial charge in [0.15, 0.2) is 8.32 Å². The van der Waals surface area contributed by atoms with E-state index in [1.807, 2.05) is 42.6 Å². The fraction of sp³-hybridized carbons (Fsp3) is 0.463. The van der Waals surface area contributed by atoms with E-state index in [1.54, 1.807) is 6.20 Å². The molecule has 2 unspecified atom stereocenters. The average molecular weight is 805 g/mol. The molecule has 2 aliphatic rings. The second-order valence-corrected chi connectivity index (χ2v) is 20.7. The first-order valence-electron chi connectivity index (χ1n) is 18.9. The fourth-order valence-corrected chi connectivity index (χ4v) is 7.63. The molecule has 2 aliphatic heterocycles. The minimum Gasteiger partial charge on any atom is -0.413 e. The van der Waals surface area contributed by atoms with Gasteiger partial charge in [-0.25, -0.2) is 15.0 Å². The van der Waals surface area contributed by atoms with E-state index in [0.717, 1.165) is 67.5 Å². The van der Waals surface area contributed by atoms with Crippen LogP contribution in [0.2, 0.25) is 18.1 Å². The highest BCUT2D eigenvalue weighted by molar-refractivity contribution is 7.59. The molecular weight excluding hydrogens is 745 g/mol.